The van der Waals surface area contributed by atoms with Crippen LogP contribution in [0.3, 0.4) is 0 Å². The highest BCUT2D eigenvalue weighted by molar-refractivity contribution is 8.78. The fraction of sp³-hybridized carbons (Fsp3) is 0.0769. The Kier molecular flexibility index (Phi) is 9.12. The lowest BCUT2D eigenvalue weighted by Crippen LogP contribution is -1.58. The molecule has 1 aliphatic heterocycles. The summed E-state index contributed by atoms with van der Waals surface area (Å²) in [6, 6.07) is 11.4. The van der Waals surface area contributed by atoms with E-state index in [-0.39, 0.29) is 0 Å². The van der Waals surface area contributed by atoms with Crippen LogP contribution in [0, 0.1) is 0 Å². The van der Waals surface area contributed by atoms with Crippen molar-refractivity contribution in [1.29, 1.82) is 0 Å². The van der Waals surface area contributed by atoms with Gasteiger partial charge in [0.25, 0.3) is 0 Å². The summed E-state index contributed by atoms with van der Waals surface area (Å²) < 4.78 is 0. The van der Waals surface area contributed by atoms with Crippen LogP contribution in [0.1, 0.15) is 0 Å². The minimum absolute atomic E-state index is 1.20. The van der Waals surface area contributed by atoms with Gasteiger partial charge in [-0.2, -0.15) is 0 Å². The first kappa shape index (κ1) is 13.8. The third-order valence-corrected chi connectivity index (χ3v) is 3.44. The molecule has 0 aromatic carbocycles. The fourth-order valence-corrected chi connectivity index (χ4v) is 2.39. The van der Waals surface area contributed by atoms with E-state index >= 15 is 0 Å². The maximum atomic E-state index is 3.78. The van der Waals surface area contributed by atoms with Gasteiger partial charge < -0.3 is 0 Å². The Bertz CT molecular complexity index is 288. The third-order valence-electron chi connectivity index (χ3n) is 1.52. The quantitative estimate of drug-likeness (QED) is 0.669. The number of pyridine rings is 2. The minimum atomic E-state index is 1.20. The predicted octanol–water partition coefficient (Wildman–Crippen LogP) is 4.06. The van der Waals surface area contributed by atoms with E-state index in [1.807, 2.05) is 58.0 Å². The molecular formula is C13H14N2S2. The van der Waals surface area contributed by atoms with Crippen LogP contribution in [0.2, 0.25) is 0 Å². The van der Waals surface area contributed by atoms with Crippen molar-refractivity contribution in [1.82, 2.24) is 9.97 Å². The second-order valence-corrected chi connectivity index (χ2v) is 5.12. The number of aromatic nitrogens is 2. The summed E-state index contributed by atoms with van der Waals surface area (Å²) in [6.07, 6.45) is 9.16. The van der Waals surface area contributed by atoms with Crippen LogP contribution in [-0.4, -0.2) is 15.7 Å². The standard InChI is InChI=1S/2C5H5N.C3H4S2/c2*1-2-4-6-5-3-1;1-2-4-5-3-1/h2*1-5H;1-2H,3H2. The zero-order valence-corrected chi connectivity index (χ0v) is 11.0. The molecule has 0 radical (unpaired) electrons. The van der Waals surface area contributed by atoms with Gasteiger partial charge in [-0.05, 0) is 29.7 Å². The van der Waals surface area contributed by atoms with Gasteiger partial charge in [0.1, 0.15) is 0 Å². The summed E-state index contributed by atoms with van der Waals surface area (Å²) >= 11 is 0. The van der Waals surface area contributed by atoms with Crippen LogP contribution in [0.15, 0.2) is 72.7 Å². The SMILES string of the molecule is C1=CSSC1.c1ccncc1.c1ccncc1. The number of nitrogens with zero attached hydrogens (tertiary/aromatic N) is 2. The van der Waals surface area contributed by atoms with Crippen LogP contribution in [-0.2, 0) is 0 Å². The topological polar surface area (TPSA) is 25.8 Å². The van der Waals surface area contributed by atoms with Gasteiger partial charge in [0.15, 0.2) is 0 Å². The molecule has 0 unspecified atom stereocenters. The molecule has 4 heteroatoms. The summed E-state index contributed by atoms with van der Waals surface area (Å²) in [7, 11) is 3.69. The van der Waals surface area contributed by atoms with Crippen LogP contribution in [0.25, 0.3) is 0 Å². The van der Waals surface area contributed by atoms with Crippen molar-refractivity contribution in [3.05, 3.63) is 72.7 Å². The zero-order chi connectivity index (χ0) is 12.0. The molecule has 0 atom stereocenters. The molecule has 2 aromatic heterocycles. The summed E-state index contributed by atoms with van der Waals surface area (Å²) in [4.78, 5) is 7.57. The van der Waals surface area contributed by atoms with Crippen LogP contribution in [0.5, 0.6) is 0 Å². The first-order chi connectivity index (χ1) is 8.50. The summed E-state index contributed by atoms with van der Waals surface area (Å²) in [6.45, 7) is 0. The lowest BCUT2D eigenvalue weighted by molar-refractivity contribution is 1.33. The van der Waals surface area contributed by atoms with Crippen molar-refractivity contribution in [3.8, 4) is 0 Å². The first-order valence-corrected chi connectivity index (χ1v) is 7.51. The highest BCUT2D eigenvalue weighted by atomic mass is 33.1. The smallest absolute Gasteiger partial charge is 0.0267 e. The Labute approximate surface area is 110 Å². The Morgan fingerprint density at radius 1 is 0.706 bits per heavy atom. The van der Waals surface area contributed by atoms with Gasteiger partial charge in [0, 0.05) is 30.5 Å². The molecule has 17 heavy (non-hydrogen) atoms. The second-order valence-electron chi connectivity index (χ2n) is 2.80. The van der Waals surface area contributed by atoms with Gasteiger partial charge in [0.05, 0.1) is 0 Å². The van der Waals surface area contributed by atoms with E-state index in [4.69, 9.17) is 0 Å². The van der Waals surface area contributed by atoms with Crippen molar-refractivity contribution in [3.63, 3.8) is 0 Å². The number of hydrogen-bond acceptors (Lipinski definition) is 4. The molecule has 3 rings (SSSR count). The molecule has 0 aliphatic carbocycles. The Balaban J connectivity index is 0.000000128. The van der Waals surface area contributed by atoms with Crippen LogP contribution in [0.4, 0.5) is 0 Å². The largest absolute Gasteiger partial charge is 0.265 e. The number of rotatable bonds is 0. The maximum Gasteiger partial charge on any atom is 0.0267 e. The molecule has 0 fully saturated rings. The third kappa shape index (κ3) is 9.66. The van der Waals surface area contributed by atoms with E-state index in [0.29, 0.717) is 0 Å². The van der Waals surface area contributed by atoms with E-state index in [1.54, 1.807) is 24.8 Å². The van der Waals surface area contributed by atoms with Gasteiger partial charge in [-0.15, -0.1) is 0 Å². The van der Waals surface area contributed by atoms with E-state index < -0.39 is 0 Å². The monoisotopic (exact) mass is 262 g/mol. The van der Waals surface area contributed by atoms with E-state index in [0.717, 1.165) is 0 Å². The van der Waals surface area contributed by atoms with Crippen LogP contribution >= 0.6 is 21.6 Å². The molecule has 1 aliphatic rings. The summed E-state index contributed by atoms with van der Waals surface area (Å²) in [5, 5.41) is 2.12. The van der Waals surface area contributed by atoms with Gasteiger partial charge in [-0.25, -0.2) is 0 Å². The predicted molar refractivity (Wildman–Crippen MR) is 77.7 cm³/mol. The second kappa shape index (κ2) is 11.2. The summed E-state index contributed by atoms with van der Waals surface area (Å²) in [5.41, 5.74) is 0. The van der Waals surface area contributed by atoms with Gasteiger partial charge in [0.2, 0.25) is 0 Å². The fourth-order valence-electron chi connectivity index (χ4n) is 0.822. The molecule has 2 aromatic rings. The molecule has 0 amide bonds. The lowest BCUT2D eigenvalue weighted by Gasteiger charge is -1.70. The molecular weight excluding hydrogens is 248 g/mol. The van der Waals surface area contributed by atoms with Crippen molar-refractivity contribution < 1.29 is 0 Å². The molecule has 0 saturated heterocycles. The van der Waals surface area contributed by atoms with E-state index in [9.17, 15) is 0 Å². The Morgan fingerprint density at radius 2 is 1.24 bits per heavy atom. The highest BCUT2D eigenvalue weighted by Crippen LogP contribution is 2.27. The molecule has 3 heterocycles. The molecule has 0 N–H and O–H groups in total. The average molecular weight is 262 g/mol. The minimum Gasteiger partial charge on any atom is -0.265 e. The molecule has 0 saturated carbocycles. The van der Waals surface area contributed by atoms with Gasteiger partial charge in [-0.3, -0.25) is 9.97 Å². The van der Waals surface area contributed by atoms with Crippen molar-refractivity contribution in [2.45, 2.75) is 0 Å². The van der Waals surface area contributed by atoms with Crippen molar-refractivity contribution in [2.75, 3.05) is 5.75 Å². The Morgan fingerprint density at radius 3 is 1.35 bits per heavy atom. The normalized spacial score (nSPS) is 11.8. The van der Waals surface area contributed by atoms with Gasteiger partial charge >= 0.3 is 0 Å². The van der Waals surface area contributed by atoms with E-state index in [1.165, 1.54) is 5.75 Å². The van der Waals surface area contributed by atoms with Gasteiger partial charge in [-0.1, -0.05) is 39.8 Å². The Hall–Kier alpha value is -1.26. The van der Waals surface area contributed by atoms with Crippen molar-refractivity contribution >= 4 is 21.6 Å². The van der Waals surface area contributed by atoms with Crippen LogP contribution < -0.4 is 0 Å². The maximum absolute atomic E-state index is 3.78. The molecule has 0 bridgehead atoms. The zero-order valence-electron chi connectivity index (χ0n) is 9.35. The summed E-state index contributed by atoms with van der Waals surface area (Å²) in [5.74, 6) is 1.20. The molecule has 88 valence electrons. The highest BCUT2D eigenvalue weighted by Gasteiger charge is 1.85. The number of hydrogen-bond donors (Lipinski definition) is 0. The average Bonchev–Trinajstić information content (AvgIpc) is 3.03. The molecule has 0 spiro atoms. The van der Waals surface area contributed by atoms with E-state index in [2.05, 4.69) is 21.5 Å². The molecule has 2 nitrogen and oxygen atoms in total. The first-order valence-electron chi connectivity index (χ1n) is 5.13. The van der Waals surface area contributed by atoms with Crippen molar-refractivity contribution in [2.24, 2.45) is 0 Å². The lowest BCUT2D eigenvalue weighted by atomic mass is 10.5.